The van der Waals surface area contributed by atoms with Gasteiger partial charge in [-0.05, 0) is 12.8 Å². The first-order valence-electron chi connectivity index (χ1n) is 3.97. The van der Waals surface area contributed by atoms with Gasteiger partial charge in [0, 0.05) is 0 Å². The third-order valence-corrected chi connectivity index (χ3v) is 2.91. The molecule has 9 heavy (non-hydrogen) atoms. The van der Waals surface area contributed by atoms with Gasteiger partial charge < -0.3 is 4.90 Å². The molecule has 0 aromatic carbocycles. The topological polar surface area (TPSA) is 4.44 Å². The maximum atomic E-state index is 3.98. The van der Waals surface area contributed by atoms with E-state index in [1.807, 2.05) is 0 Å². The zero-order valence-electron chi connectivity index (χ0n) is 5.95. The molecule has 0 aromatic rings. The van der Waals surface area contributed by atoms with Gasteiger partial charge in [0.2, 0.25) is 0 Å². The Hall–Kier alpha value is -0.0400. The molecule has 1 nitrogen and oxygen atoms in total. The molecule has 1 aliphatic heterocycles. The van der Waals surface area contributed by atoms with Gasteiger partial charge in [0.25, 0.3) is 0 Å². The maximum absolute atomic E-state index is 3.98. The van der Waals surface area contributed by atoms with E-state index in [1.54, 1.807) is 0 Å². The van der Waals surface area contributed by atoms with Gasteiger partial charge in [-0.2, -0.15) is 7.05 Å². The molecule has 0 bridgehead atoms. The summed E-state index contributed by atoms with van der Waals surface area (Å²) in [5.41, 5.74) is 0.789. The molecule has 0 unspecified atom stereocenters. The van der Waals surface area contributed by atoms with E-state index in [1.165, 1.54) is 43.7 Å². The van der Waals surface area contributed by atoms with E-state index in [-0.39, 0.29) is 0 Å². The number of hydrogen-bond donors (Lipinski definition) is 1. The van der Waals surface area contributed by atoms with Crippen LogP contribution in [0.3, 0.4) is 0 Å². The number of hydrogen-bond acceptors (Lipinski definition) is 0. The quantitative estimate of drug-likeness (QED) is 0.442. The summed E-state index contributed by atoms with van der Waals surface area (Å²) in [6, 6.07) is 0. The van der Waals surface area contributed by atoms with E-state index in [4.69, 9.17) is 0 Å². The standard InChI is InChI=1S/C8H15N/c1-9-6-8(7-9)4-2-3-5-8/h9H,1-7H2. The van der Waals surface area contributed by atoms with Crippen molar-refractivity contribution >= 4 is 0 Å². The van der Waals surface area contributed by atoms with Crippen molar-refractivity contribution in [2.24, 2.45) is 5.41 Å². The Morgan fingerprint density at radius 1 is 1.11 bits per heavy atom. The highest BCUT2D eigenvalue weighted by Crippen LogP contribution is 2.38. The molecule has 1 heteroatoms. The highest BCUT2D eigenvalue weighted by molar-refractivity contribution is 4.87. The molecule has 52 valence electrons. The Bertz CT molecular complexity index is 106. The second-order valence-corrected chi connectivity index (χ2v) is 3.81. The van der Waals surface area contributed by atoms with Crippen LogP contribution in [0.4, 0.5) is 0 Å². The van der Waals surface area contributed by atoms with Gasteiger partial charge in [-0.1, -0.05) is 12.8 Å². The number of quaternary nitrogens is 1. The Kier molecular flexibility index (Phi) is 1.10. The molecule has 0 aromatic heterocycles. The molecule has 1 N–H and O–H groups in total. The molecule has 0 radical (unpaired) electrons. The summed E-state index contributed by atoms with van der Waals surface area (Å²) < 4.78 is 0. The fourth-order valence-electron chi connectivity index (χ4n) is 2.49. The van der Waals surface area contributed by atoms with Crippen LogP contribution in [-0.4, -0.2) is 13.1 Å². The molecular formula is C8H15N. The van der Waals surface area contributed by atoms with E-state index in [0.29, 0.717) is 0 Å². The zero-order chi connectivity index (χ0) is 6.32. The number of nitrogens with one attached hydrogen (secondary N) is 1. The van der Waals surface area contributed by atoms with E-state index in [9.17, 15) is 0 Å². The zero-order valence-corrected chi connectivity index (χ0v) is 5.95. The largest absolute Gasteiger partial charge is 0.467 e. The summed E-state index contributed by atoms with van der Waals surface area (Å²) in [6.07, 6.45) is 5.94. The summed E-state index contributed by atoms with van der Waals surface area (Å²) >= 11 is 0. The average molecular weight is 125 g/mol. The minimum atomic E-state index is 0.789. The Labute approximate surface area is 57.0 Å². The Balaban J connectivity index is 1.95. The molecule has 2 rings (SSSR count). The van der Waals surface area contributed by atoms with Crippen LogP contribution in [0.25, 0.3) is 0 Å². The number of rotatable bonds is 0. The van der Waals surface area contributed by atoms with Crippen molar-refractivity contribution in [2.45, 2.75) is 25.7 Å². The lowest BCUT2D eigenvalue weighted by atomic mass is 9.79. The van der Waals surface area contributed by atoms with Gasteiger partial charge in [0.05, 0.1) is 18.5 Å². The normalized spacial score (nSPS) is 33.0. The molecule has 1 spiro atoms. The van der Waals surface area contributed by atoms with E-state index in [2.05, 4.69) is 7.05 Å². The van der Waals surface area contributed by atoms with Gasteiger partial charge >= 0.3 is 0 Å². The Morgan fingerprint density at radius 3 is 2.11 bits per heavy atom. The molecule has 2 aliphatic rings. The van der Waals surface area contributed by atoms with Gasteiger partial charge in [0.1, 0.15) is 0 Å². The monoisotopic (exact) mass is 125 g/mol. The predicted octanol–water partition coefficient (Wildman–Crippen LogP) is 0.237. The minimum Gasteiger partial charge on any atom is -0.467 e. The fraction of sp³-hybridized carbons (Fsp3) is 0.875. The first-order chi connectivity index (χ1) is 4.31. The van der Waals surface area contributed by atoms with Crippen molar-refractivity contribution in [1.29, 1.82) is 0 Å². The summed E-state index contributed by atoms with van der Waals surface area (Å²) in [7, 11) is 3.98. The average Bonchev–Trinajstić information content (AvgIpc) is 2.12. The molecular weight excluding hydrogens is 110 g/mol. The molecule has 0 amide bonds. The second-order valence-electron chi connectivity index (χ2n) is 3.81. The van der Waals surface area contributed by atoms with E-state index < -0.39 is 0 Å². The maximum Gasteiger partial charge on any atom is 0.0641 e. The molecule has 1 saturated carbocycles. The molecule has 2 fully saturated rings. The lowest BCUT2D eigenvalue weighted by Gasteiger charge is -2.46. The highest BCUT2D eigenvalue weighted by Gasteiger charge is 2.44. The molecule has 1 aliphatic carbocycles. The van der Waals surface area contributed by atoms with Crippen LogP contribution in [0, 0.1) is 12.5 Å². The van der Waals surface area contributed by atoms with Crippen LogP contribution in [-0.2, 0) is 0 Å². The third kappa shape index (κ3) is 0.787. The van der Waals surface area contributed by atoms with Crippen molar-refractivity contribution in [3.63, 3.8) is 0 Å². The van der Waals surface area contributed by atoms with Crippen molar-refractivity contribution < 1.29 is 4.90 Å². The number of likely N-dealkylation sites (tertiary alicyclic amines) is 1. The molecule has 0 atom stereocenters. The van der Waals surface area contributed by atoms with Crippen molar-refractivity contribution in [3.8, 4) is 0 Å². The van der Waals surface area contributed by atoms with Gasteiger partial charge in [0.15, 0.2) is 0 Å². The Morgan fingerprint density at radius 2 is 1.67 bits per heavy atom. The lowest BCUT2D eigenvalue weighted by molar-refractivity contribution is -0.920. The lowest BCUT2D eigenvalue weighted by Crippen LogP contribution is -3.17. The smallest absolute Gasteiger partial charge is 0.0641 e. The summed E-state index contributed by atoms with van der Waals surface area (Å²) in [4.78, 5) is 1.50. The molecule has 1 saturated heterocycles. The van der Waals surface area contributed by atoms with E-state index in [0.717, 1.165) is 5.41 Å². The predicted molar refractivity (Wildman–Crippen MR) is 37.0 cm³/mol. The van der Waals surface area contributed by atoms with Crippen molar-refractivity contribution in [3.05, 3.63) is 7.05 Å². The fourth-order valence-corrected chi connectivity index (χ4v) is 2.49. The molecule has 1 heterocycles. The summed E-state index contributed by atoms with van der Waals surface area (Å²) in [5, 5.41) is 0. The summed E-state index contributed by atoms with van der Waals surface area (Å²) in [6.45, 7) is 2.71. The first-order valence-corrected chi connectivity index (χ1v) is 3.97. The van der Waals surface area contributed by atoms with Crippen molar-refractivity contribution in [2.75, 3.05) is 13.1 Å². The van der Waals surface area contributed by atoms with Crippen LogP contribution in [0.2, 0.25) is 0 Å². The second kappa shape index (κ2) is 1.72. The highest BCUT2D eigenvalue weighted by atomic mass is 15.2. The first kappa shape index (κ1) is 5.72. The minimum absolute atomic E-state index is 0.789. The van der Waals surface area contributed by atoms with Gasteiger partial charge in [-0.15, -0.1) is 0 Å². The van der Waals surface area contributed by atoms with Crippen LogP contribution >= 0.6 is 0 Å². The van der Waals surface area contributed by atoms with Crippen LogP contribution in [0.5, 0.6) is 0 Å². The SMILES string of the molecule is [CH2-][NH+]1CC2(CCCC2)C1. The summed E-state index contributed by atoms with van der Waals surface area (Å²) in [5.74, 6) is 0. The van der Waals surface area contributed by atoms with E-state index >= 15 is 0 Å². The van der Waals surface area contributed by atoms with Crippen molar-refractivity contribution in [1.82, 2.24) is 0 Å². The van der Waals surface area contributed by atoms with Gasteiger partial charge in [-0.3, -0.25) is 0 Å². The van der Waals surface area contributed by atoms with Crippen LogP contribution < -0.4 is 4.90 Å². The van der Waals surface area contributed by atoms with Crippen LogP contribution in [0.15, 0.2) is 0 Å². The van der Waals surface area contributed by atoms with Gasteiger partial charge in [-0.25, -0.2) is 0 Å². The third-order valence-electron chi connectivity index (χ3n) is 2.91. The van der Waals surface area contributed by atoms with Crippen LogP contribution in [0.1, 0.15) is 25.7 Å².